The van der Waals surface area contributed by atoms with Gasteiger partial charge in [-0.2, -0.15) is 10.1 Å². The van der Waals surface area contributed by atoms with Crippen molar-refractivity contribution in [3.63, 3.8) is 0 Å². The van der Waals surface area contributed by atoms with E-state index in [9.17, 15) is 9.59 Å². The second kappa shape index (κ2) is 7.34. The van der Waals surface area contributed by atoms with Crippen LogP contribution < -0.4 is 10.9 Å². The number of carbonyl (C=O) groups excluding carboxylic acids is 2. The lowest BCUT2D eigenvalue weighted by Crippen LogP contribution is -2.41. The van der Waals surface area contributed by atoms with Crippen LogP contribution in [0.4, 0.5) is 0 Å². The lowest BCUT2D eigenvalue weighted by atomic mass is 10.1. The van der Waals surface area contributed by atoms with Crippen LogP contribution in [0, 0.1) is 20.8 Å². The maximum atomic E-state index is 12.4. The van der Waals surface area contributed by atoms with Crippen LogP contribution in [-0.4, -0.2) is 31.4 Å². The second-order valence-electron chi connectivity index (χ2n) is 6.79. The highest BCUT2D eigenvalue weighted by molar-refractivity contribution is 5.99. The molecule has 0 unspecified atom stereocenters. The summed E-state index contributed by atoms with van der Waals surface area (Å²) in [6, 6.07) is 7.39. The molecule has 0 spiro atoms. The van der Waals surface area contributed by atoms with E-state index < -0.39 is 5.91 Å². The molecular weight excluding hydrogens is 372 g/mol. The summed E-state index contributed by atoms with van der Waals surface area (Å²) in [6.45, 7) is 5.60. The van der Waals surface area contributed by atoms with E-state index in [4.69, 9.17) is 4.42 Å². The fraction of sp³-hybridized carbons (Fsp3) is 0.250. The van der Waals surface area contributed by atoms with Crippen molar-refractivity contribution in [1.82, 2.24) is 30.4 Å². The third-order valence-electron chi connectivity index (χ3n) is 4.96. The highest BCUT2D eigenvalue weighted by Crippen LogP contribution is 2.24. The number of hydrogen-bond donors (Lipinski definition) is 2. The first kappa shape index (κ1) is 18.6. The first-order valence-electron chi connectivity index (χ1n) is 9.19. The number of aromatic nitrogens is 4. The molecule has 0 aliphatic heterocycles. The van der Waals surface area contributed by atoms with Crippen molar-refractivity contribution in [3.05, 3.63) is 58.9 Å². The fourth-order valence-electron chi connectivity index (χ4n) is 3.39. The third-order valence-corrected chi connectivity index (χ3v) is 4.96. The summed E-state index contributed by atoms with van der Waals surface area (Å²) >= 11 is 0. The van der Waals surface area contributed by atoms with E-state index in [1.807, 2.05) is 32.0 Å². The molecular formula is C20H20N6O3. The van der Waals surface area contributed by atoms with E-state index in [1.54, 1.807) is 17.5 Å². The smallest absolute Gasteiger partial charge is 0.305 e. The fourth-order valence-corrected chi connectivity index (χ4v) is 3.39. The van der Waals surface area contributed by atoms with Crippen LogP contribution in [0.3, 0.4) is 0 Å². The van der Waals surface area contributed by atoms with E-state index in [-0.39, 0.29) is 18.1 Å². The summed E-state index contributed by atoms with van der Waals surface area (Å²) in [4.78, 5) is 33.1. The van der Waals surface area contributed by atoms with Crippen LogP contribution >= 0.6 is 0 Å². The van der Waals surface area contributed by atoms with Crippen LogP contribution in [0.25, 0.3) is 16.7 Å². The monoisotopic (exact) mass is 392 g/mol. The Labute approximate surface area is 166 Å². The van der Waals surface area contributed by atoms with Gasteiger partial charge in [-0.3, -0.25) is 20.4 Å². The average molecular weight is 392 g/mol. The molecule has 3 aromatic heterocycles. The number of furan rings is 1. The summed E-state index contributed by atoms with van der Waals surface area (Å²) in [7, 11) is 0. The topological polar surface area (TPSA) is 114 Å². The van der Waals surface area contributed by atoms with Gasteiger partial charge in [0.15, 0.2) is 5.76 Å². The number of nitrogens with zero attached hydrogens (tertiary/aromatic N) is 4. The number of nitrogens with one attached hydrogen (secondary N) is 2. The Kier molecular flexibility index (Phi) is 4.71. The Morgan fingerprint density at radius 1 is 1.14 bits per heavy atom. The Bertz CT molecular complexity index is 1240. The van der Waals surface area contributed by atoms with Gasteiger partial charge >= 0.3 is 5.91 Å². The van der Waals surface area contributed by atoms with Crippen molar-refractivity contribution in [2.45, 2.75) is 33.6 Å². The number of carbonyl (C=O) groups is 2. The van der Waals surface area contributed by atoms with Crippen LogP contribution in [0.2, 0.25) is 0 Å². The molecule has 4 aromatic rings. The molecule has 0 radical (unpaired) electrons. The van der Waals surface area contributed by atoms with Crippen molar-refractivity contribution in [1.29, 1.82) is 0 Å². The molecule has 29 heavy (non-hydrogen) atoms. The number of rotatable bonds is 4. The van der Waals surface area contributed by atoms with E-state index in [1.165, 1.54) is 6.33 Å². The molecule has 0 saturated heterocycles. The molecule has 9 nitrogen and oxygen atoms in total. The predicted molar refractivity (Wildman–Crippen MR) is 105 cm³/mol. The highest BCUT2D eigenvalue weighted by Gasteiger charge is 2.18. The molecule has 148 valence electrons. The van der Waals surface area contributed by atoms with Gasteiger partial charge in [0.1, 0.15) is 11.9 Å². The number of para-hydroxylation sites is 1. The SMILES string of the molecule is Cc1nc2ncnn2c(C)c1CCC(=O)NNC(=O)c1oc2ccccc2c1C. The number of hydrogen-bond acceptors (Lipinski definition) is 6. The Balaban J connectivity index is 1.39. The minimum atomic E-state index is -0.495. The largest absolute Gasteiger partial charge is 0.451 e. The standard InChI is InChI=1S/C20H20N6O3/c1-11-14-6-4-5-7-16(14)29-18(11)19(28)25-24-17(27)9-8-15-12(2)23-20-21-10-22-26(20)13(15)3/h4-7,10H,8-9H2,1-3H3,(H,24,27)(H,25,28). The minimum absolute atomic E-state index is 0.180. The normalized spacial score (nSPS) is 11.1. The van der Waals surface area contributed by atoms with Gasteiger partial charge in [0.2, 0.25) is 5.91 Å². The van der Waals surface area contributed by atoms with Crippen molar-refractivity contribution >= 4 is 28.6 Å². The van der Waals surface area contributed by atoms with Crippen LogP contribution in [0.5, 0.6) is 0 Å². The number of aryl methyl sites for hydroxylation is 3. The molecule has 2 N–H and O–H groups in total. The predicted octanol–water partition coefficient (Wildman–Crippen LogP) is 2.19. The molecule has 3 heterocycles. The van der Waals surface area contributed by atoms with Crippen LogP contribution in [0.1, 0.15) is 39.5 Å². The van der Waals surface area contributed by atoms with Gasteiger partial charge in [-0.1, -0.05) is 18.2 Å². The van der Waals surface area contributed by atoms with Gasteiger partial charge < -0.3 is 4.42 Å². The quantitative estimate of drug-likeness (QED) is 0.515. The zero-order chi connectivity index (χ0) is 20.5. The van der Waals surface area contributed by atoms with E-state index >= 15 is 0 Å². The van der Waals surface area contributed by atoms with Crippen molar-refractivity contribution < 1.29 is 14.0 Å². The summed E-state index contributed by atoms with van der Waals surface area (Å²) in [5.74, 6) is -0.101. The zero-order valence-electron chi connectivity index (χ0n) is 16.3. The molecule has 4 rings (SSSR count). The minimum Gasteiger partial charge on any atom is -0.451 e. The van der Waals surface area contributed by atoms with E-state index in [2.05, 4.69) is 25.9 Å². The summed E-state index contributed by atoms with van der Waals surface area (Å²) < 4.78 is 7.24. The van der Waals surface area contributed by atoms with Gasteiger partial charge in [0.05, 0.1) is 0 Å². The van der Waals surface area contributed by atoms with E-state index in [0.29, 0.717) is 17.8 Å². The van der Waals surface area contributed by atoms with Gasteiger partial charge in [0, 0.05) is 28.8 Å². The average Bonchev–Trinajstić information content (AvgIpc) is 3.31. The maximum Gasteiger partial charge on any atom is 0.305 e. The maximum absolute atomic E-state index is 12.4. The van der Waals surface area contributed by atoms with Crippen molar-refractivity contribution in [2.24, 2.45) is 0 Å². The molecule has 0 saturated carbocycles. The highest BCUT2D eigenvalue weighted by atomic mass is 16.3. The van der Waals surface area contributed by atoms with Gasteiger partial charge in [0.25, 0.3) is 5.78 Å². The van der Waals surface area contributed by atoms with Crippen LogP contribution in [-0.2, 0) is 11.2 Å². The lowest BCUT2D eigenvalue weighted by Gasteiger charge is -2.11. The van der Waals surface area contributed by atoms with Gasteiger partial charge in [-0.15, -0.1) is 0 Å². The molecule has 0 atom stereocenters. The zero-order valence-corrected chi connectivity index (χ0v) is 16.3. The van der Waals surface area contributed by atoms with Gasteiger partial charge in [-0.25, -0.2) is 9.50 Å². The van der Waals surface area contributed by atoms with Crippen LogP contribution in [0.15, 0.2) is 35.0 Å². The van der Waals surface area contributed by atoms with Crippen molar-refractivity contribution in [2.75, 3.05) is 0 Å². The number of amides is 2. The first-order chi connectivity index (χ1) is 14.0. The Morgan fingerprint density at radius 2 is 1.93 bits per heavy atom. The molecule has 2 amide bonds. The number of hydrazine groups is 1. The first-order valence-corrected chi connectivity index (χ1v) is 9.19. The van der Waals surface area contributed by atoms with Crippen molar-refractivity contribution in [3.8, 4) is 0 Å². The summed E-state index contributed by atoms with van der Waals surface area (Å²) in [6.07, 6.45) is 2.09. The molecule has 1 aromatic carbocycles. The Morgan fingerprint density at radius 3 is 2.72 bits per heavy atom. The second-order valence-corrected chi connectivity index (χ2v) is 6.79. The van der Waals surface area contributed by atoms with E-state index in [0.717, 1.165) is 27.9 Å². The lowest BCUT2D eigenvalue weighted by molar-refractivity contribution is -0.121. The molecule has 0 aliphatic carbocycles. The third kappa shape index (κ3) is 3.42. The molecule has 0 aliphatic rings. The number of benzene rings is 1. The summed E-state index contributed by atoms with van der Waals surface area (Å²) in [5, 5.41) is 5.01. The van der Waals surface area contributed by atoms with Gasteiger partial charge in [-0.05, 0) is 38.8 Å². The number of fused-ring (bicyclic) bond motifs is 2. The summed E-state index contributed by atoms with van der Waals surface area (Å²) in [5.41, 5.74) is 8.83. The molecule has 9 heteroatoms. The molecule has 0 bridgehead atoms. The Hall–Kier alpha value is -3.75. The molecule has 0 fully saturated rings.